The molecule has 0 unspecified atom stereocenters. The summed E-state index contributed by atoms with van der Waals surface area (Å²) in [5.74, 6) is -1.76. The molecule has 0 fully saturated rings. The second-order valence-electron chi connectivity index (χ2n) is 3.50. The van der Waals surface area contributed by atoms with Crippen molar-refractivity contribution in [3.8, 4) is 0 Å². The van der Waals surface area contributed by atoms with Crippen LogP contribution in [0, 0.1) is 11.6 Å². The summed E-state index contributed by atoms with van der Waals surface area (Å²) < 4.78 is 26.3. The van der Waals surface area contributed by atoms with E-state index < -0.39 is 17.4 Å². The van der Waals surface area contributed by atoms with E-state index in [1.807, 2.05) is 0 Å². The number of aromatic nitrogens is 1. The average molecular weight is 265 g/mol. The third-order valence-corrected chi connectivity index (χ3v) is 3.16. The van der Waals surface area contributed by atoms with E-state index in [2.05, 4.69) is 4.98 Å². The molecule has 0 aliphatic carbocycles. The maximum absolute atomic E-state index is 13.3. The SMILES string of the molecule is O=C(CSc1ccccn1)c1cc(F)ccc1F. The van der Waals surface area contributed by atoms with Gasteiger partial charge < -0.3 is 0 Å². The Morgan fingerprint density at radius 1 is 1.22 bits per heavy atom. The number of rotatable bonds is 4. The van der Waals surface area contributed by atoms with E-state index in [4.69, 9.17) is 0 Å². The van der Waals surface area contributed by atoms with Gasteiger partial charge in [0.05, 0.1) is 16.3 Å². The Morgan fingerprint density at radius 3 is 2.78 bits per heavy atom. The smallest absolute Gasteiger partial charge is 0.176 e. The molecule has 92 valence electrons. The molecule has 0 spiro atoms. The van der Waals surface area contributed by atoms with E-state index in [0.717, 1.165) is 18.2 Å². The number of thioether (sulfide) groups is 1. The third-order valence-electron chi connectivity index (χ3n) is 2.22. The summed E-state index contributed by atoms with van der Waals surface area (Å²) >= 11 is 1.19. The van der Waals surface area contributed by atoms with Gasteiger partial charge in [-0.25, -0.2) is 13.8 Å². The molecule has 0 bridgehead atoms. The number of hydrogen-bond donors (Lipinski definition) is 0. The van der Waals surface area contributed by atoms with Gasteiger partial charge in [0.2, 0.25) is 0 Å². The minimum Gasteiger partial charge on any atom is -0.293 e. The summed E-state index contributed by atoms with van der Waals surface area (Å²) in [6, 6.07) is 8.16. The fourth-order valence-electron chi connectivity index (χ4n) is 1.36. The molecule has 1 heterocycles. The highest BCUT2D eigenvalue weighted by Gasteiger charge is 2.13. The van der Waals surface area contributed by atoms with Crippen molar-refractivity contribution in [3.63, 3.8) is 0 Å². The normalized spacial score (nSPS) is 10.3. The van der Waals surface area contributed by atoms with Crippen molar-refractivity contribution in [2.75, 3.05) is 5.75 Å². The first-order chi connectivity index (χ1) is 8.66. The van der Waals surface area contributed by atoms with Crippen molar-refractivity contribution in [2.24, 2.45) is 0 Å². The second kappa shape index (κ2) is 5.73. The number of ketones is 1. The van der Waals surface area contributed by atoms with E-state index >= 15 is 0 Å². The summed E-state index contributed by atoms with van der Waals surface area (Å²) in [6.45, 7) is 0. The van der Waals surface area contributed by atoms with Crippen LogP contribution in [0.1, 0.15) is 10.4 Å². The van der Waals surface area contributed by atoms with E-state index in [1.165, 1.54) is 11.8 Å². The molecule has 1 aromatic carbocycles. The summed E-state index contributed by atoms with van der Waals surface area (Å²) in [5.41, 5.74) is -0.224. The first kappa shape index (κ1) is 12.7. The maximum atomic E-state index is 13.3. The molecule has 0 radical (unpaired) electrons. The average Bonchev–Trinajstić information content (AvgIpc) is 2.40. The molecule has 0 atom stereocenters. The van der Waals surface area contributed by atoms with Gasteiger partial charge in [0.25, 0.3) is 0 Å². The monoisotopic (exact) mass is 265 g/mol. The molecule has 2 nitrogen and oxygen atoms in total. The quantitative estimate of drug-likeness (QED) is 0.627. The lowest BCUT2D eigenvalue weighted by Gasteiger charge is -2.02. The van der Waals surface area contributed by atoms with Gasteiger partial charge in [-0.05, 0) is 30.3 Å². The van der Waals surface area contributed by atoms with E-state index in [0.29, 0.717) is 5.03 Å². The van der Waals surface area contributed by atoms with Gasteiger partial charge in [0.15, 0.2) is 5.78 Å². The lowest BCUT2D eigenvalue weighted by atomic mass is 10.1. The number of halogens is 2. The van der Waals surface area contributed by atoms with Gasteiger partial charge in [0, 0.05) is 6.20 Å². The predicted molar refractivity (Wildman–Crippen MR) is 65.6 cm³/mol. The molecule has 1 aromatic heterocycles. The van der Waals surface area contributed by atoms with Gasteiger partial charge >= 0.3 is 0 Å². The van der Waals surface area contributed by atoms with Crippen LogP contribution < -0.4 is 0 Å². The van der Waals surface area contributed by atoms with Gasteiger partial charge in [-0.15, -0.1) is 0 Å². The molecular formula is C13H9F2NOS. The number of pyridine rings is 1. The number of carbonyl (C=O) groups is 1. The number of carbonyl (C=O) groups excluding carboxylic acids is 1. The summed E-state index contributed by atoms with van der Waals surface area (Å²) in [7, 11) is 0. The summed E-state index contributed by atoms with van der Waals surface area (Å²) in [4.78, 5) is 15.8. The Kier molecular flexibility index (Phi) is 4.04. The standard InChI is InChI=1S/C13H9F2NOS/c14-9-4-5-11(15)10(7-9)12(17)8-18-13-3-1-2-6-16-13/h1-7H,8H2. The zero-order chi connectivity index (χ0) is 13.0. The van der Waals surface area contributed by atoms with Gasteiger partial charge in [0.1, 0.15) is 11.6 Å². The highest BCUT2D eigenvalue weighted by atomic mass is 32.2. The molecule has 0 N–H and O–H groups in total. The molecule has 5 heteroatoms. The van der Waals surface area contributed by atoms with E-state index in [1.54, 1.807) is 24.4 Å². The minimum atomic E-state index is -0.706. The van der Waals surface area contributed by atoms with Crippen LogP contribution in [0.4, 0.5) is 8.78 Å². The molecule has 0 saturated heterocycles. The van der Waals surface area contributed by atoms with Crippen LogP contribution in [-0.2, 0) is 0 Å². The maximum Gasteiger partial charge on any atom is 0.176 e. The topological polar surface area (TPSA) is 30.0 Å². The first-order valence-corrected chi connectivity index (χ1v) is 6.17. The van der Waals surface area contributed by atoms with Crippen molar-refractivity contribution >= 4 is 17.5 Å². The van der Waals surface area contributed by atoms with Crippen molar-refractivity contribution in [1.29, 1.82) is 0 Å². The Labute approximate surface area is 107 Å². The zero-order valence-corrected chi connectivity index (χ0v) is 10.1. The minimum absolute atomic E-state index is 0.0252. The molecule has 0 saturated carbocycles. The highest BCUT2D eigenvalue weighted by Crippen LogP contribution is 2.18. The third kappa shape index (κ3) is 3.13. The Balaban J connectivity index is 2.06. The van der Waals surface area contributed by atoms with Crippen LogP contribution in [0.5, 0.6) is 0 Å². The number of nitrogens with zero attached hydrogens (tertiary/aromatic N) is 1. The molecule has 0 aliphatic heterocycles. The largest absolute Gasteiger partial charge is 0.293 e. The van der Waals surface area contributed by atoms with Crippen LogP contribution in [0.25, 0.3) is 0 Å². The molecule has 18 heavy (non-hydrogen) atoms. The van der Waals surface area contributed by atoms with E-state index in [-0.39, 0.29) is 11.3 Å². The van der Waals surface area contributed by atoms with Crippen LogP contribution in [0.2, 0.25) is 0 Å². The molecule has 0 aliphatic rings. The summed E-state index contributed by atoms with van der Waals surface area (Å²) in [6.07, 6.45) is 1.61. The molecule has 2 rings (SSSR count). The lowest BCUT2D eigenvalue weighted by Crippen LogP contribution is -2.06. The second-order valence-corrected chi connectivity index (χ2v) is 4.50. The van der Waals surface area contributed by atoms with Gasteiger partial charge in [-0.3, -0.25) is 4.79 Å². The van der Waals surface area contributed by atoms with Crippen molar-refractivity contribution < 1.29 is 13.6 Å². The lowest BCUT2D eigenvalue weighted by molar-refractivity contribution is 0.101. The fourth-order valence-corrected chi connectivity index (χ4v) is 2.11. The number of benzene rings is 1. The Hall–Kier alpha value is -1.75. The Bertz CT molecular complexity index is 560. The van der Waals surface area contributed by atoms with Crippen LogP contribution in [-0.4, -0.2) is 16.5 Å². The number of Topliss-reactive ketones (excluding diaryl/α,β-unsaturated/α-hetero) is 1. The van der Waals surface area contributed by atoms with Gasteiger partial charge in [-0.2, -0.15) is 0 Å². The van der Waals surface area contributed by atoms with Crippen molar-refractivity contribution in [3.05, 3.63) is 59.8 Å². The van der Waals surface area contributed by atoms with Crippen molar-refractivity contribution in [2.45, 2.75) is 5.03 Å². The molecule has 2 aromatic rings. The molecular weight excluding hydrogens is 256 g/mol. The zero-order valence-electron chi connectivity index (χ0n) is 9.27. The highest BCUT2D eigenvalue weighted by molar-refractivity contribution is 7.99. The van der Waals surface area contributed by atoms with Crippen LogP contribution in [0.15, 0.2) is 47.6 Å². The Morgan fingerprint density at radius 2 is 2.06 bits per heavy atom. The predicted octanol–water partition coefficient (Wildman–Crippen LogP) is 3.33. The van der Waals surface area contributed by atoms with E-state index in [9.17, 15) is 13.6 Å². The van der Waals surface area contributed by atoms with Crippen LogP contribution >= 0.6 is 11.8 Å². The van der Waals surface area contributed by atoms with Gasteiger partial charge in [-0.1, -0.05) is 17.8 Å². The first-order valence-electron chi connectivity index (χ1n) is 5.19. The van der Waals surface area contributed by atoms with Crippen LogP contribution in [0.3, 0.4) is 0 Å². The fraction of sp³-hybridized carbons (Fsp3) is 0.0769. The van der Waals surface area contributed by atoms with Crippen molar-refractivity contribution in [1.82, 2.24) is 4.98 Å². The summed E-state index contributed by atoms with van der Waals surface area (Å²) in [5, 5.41) is 0.669. The molecule has 0 amide bonds. The number of hydrogen-bond acceptors (Lipinski definition) is 3.